The van der Waals surface area contributed by atoms with E-state index in [9.17, 15) is 0 Å². The van der Waals surface area contributed by atoms with E-state index >= 15 is 0 Å². The van der Waals surface area contributed by atoms with Crippen molar-refractivity contribution in [2.24, 2.45) is 0 Å². The first-order chi connectivity index (χ1) is 6.02. The van der Waals surface area contributed by atoms with Crippen LogP contribution < -0.4 is 0 Å². The minimum absolute atomic E-state index is 0.831. The van der Waals surface area contributed by atoms with Crippen molar-refractivity contribution in [2.45, 2.75) is 26.2 Å². The molecule has 0 spiro atoms. The number of carboxylic acid groups (broad SMARTS) is 1. The van der Waals surface area contributed by atoms with Gasteiger partial charge in [0.2, 0.25) is 0 Å². The Balaban J connectivity index is 0.000000184. The fraction of sp³-hybridized carbons (Fsp3) is 0.444. The van der Waals surface area contributed by atoms with E-state index in [-0.39, 0.29) is 0 Å². The lowest BCUT2D eigenvalue weighted by Crippen LogP contribution is -1.80. The van der Waals surface area contributed by atoms with E-state index in [0.717, 1.165) is 36.3 Å². The molecule has 0 aliphatic heterocycles. The van der Waals surface area contributed by atoms with Crippen molar-refractivity contribution in [1.82, 2.24) is 0 Å². The van der Waals surface area contributed by atoms with E-state index in [0.29, 0.717) is 0 Å². The molecule has 2 bridgehead atoms. The number of fused-ring (bicyclic) bond motifs is 2. The van der Waals surface area contributed by atoms with Gasteiger partial charge in [0.15, 0.2) is 0 Å². The summed E-state index contributed by atoms with van der Waals surface area (Å²) >= 11 is 11.7. The van der Waals surface area contributed by atoms with Gasteiger partial charge in [-0.2, -0.15) is 0 Å². The molecule has 0 aromatic rings. The maximum Gasteiger partial charge on any atom is 0.300 e. The largest absolute Gasteiger partial charge is 0.481 e. The summed E-state index contributed by atoms with van der Waals surface area (Å²) in [5, 5.41) is 9.08. The second-order valence-electron chi connectivity index (χ2n) is 3.03. The number of rotatable bonds is 0. The molecule has 0 amide bonds. The van der Waals surface area contributed by atoms with Crippen LogP contribution >= 0.6 is 23.2 Å². The van der Waals surface area contributed by atoms with Crippen molar-refractivity contribution in [1.29, 1.82) is 0 Å². The quantitative estimate of drug-likeness (QED) is 0.681. The summed E-state index contributed by atoms with van der Waals surface area (Å²) in [6.07, 6.45) is 3.34. The van der Waals surface area contributed by atoms with Gasteiger partial charge in [-0.15, -0.1) is 0 Å². The lowest BCUT2D eigenvalue weighted by atomic mass is 10.2. The van der Waals surface area contributed by atoms with Gasteiger partial charge < -0.3 is 5.11 Å². The molecular weight excluding hydrogens is 211 g/mol. The molecule has 72 valence electrons. The molecule has 4 heteroatoms. The summed E-state index contributed by atoms with van der Waals surface area (Å²) in [6, 6.07) is 0. The van der Waals surface area contributed by atoms with E-state index in [4.69, 9.17) is 33.1 Å². The maximum atomic E-state index is 9.00. The predicted molar refractivity (Wildman–Crippen MR) is 52.9 cm³/mol. The molecule has 0 radical (unpaired) electrons. The van der Waals surface area contributed by atoms with Crippen LogP contribution in [0.4, 0.5) is 0 Å². The number of carbonyl (C=O) groups is 1. The van der Waals surface area contributed by atoms with Gasteiger partial charge in [-0.25, -0.2) is 0 Å². The molecule has 0 atom stereocenters. The molecule has 1 N–H and O–H groups in total. The van der Waals surface area contributed by atoms with Crippen molar-refractivity contribution in [2.75, 3.05) is 0 Å². The number of halogens is 2. The second-order valence-corrected chi connectivity index (χ2v) is 3.79. The molecule has 2 nitrogen and oxygen atoms in total. The number of hydrogen-bond donors (Lipinski definition) is 1. The van der Waals surface area contributed by atoms with Gasteiger partial charge in [0, 0.05) is 6.92 Å². The number of allylic oxidation sites excluding steroid dienone is 4. The molecule has 2 rings (SSSR count). The standard InChI is InChI=1S/C7H6Cl2.C2H4O2/c8-6-4-1-2-5(3-4)7(6)9;1-2(3)4/h1-3H2;1H3,(H,3,4). The lowest BCUT2D eigenvalue weighted by Gasteiger charge is -2.00. The predicted octanol–water partition coefficient (Wildman–Crippen LogP) is 3.26. The van der Waals surface area contributed by atoms with Gasteiger partial charge >= 0.3 is 0 Å². The maximum absolute atomic E-state index is 9.00. The Morgan fingerprint density at radius 2 is 1.54 bits per heavy atom. The van der Waals surface area contributed by atoms with Crippen molar-refractivity contribution in [3.05, 3.63) is 21.2 Å². The van der Waals surface area contributed by atoms with Crippen molar-refractivity contribution < 1.29 is 9.90 Å². The fourth-order valence-electron chi connectivity index (χ4n) is 1.42. The van der Waals surface area contributed by atoms with Crippen LogP contribution in [0.3, 0.4) is 0 Å². The van der Waals surface area contributed by atoms with Crippen molar-refractivity contribution in [3.63, 3.8) is 0 Å². The van der Waals surface area contributed by atoms with Crippen LogP contribution in [0.2, 0.25) is 0 Å². The number of hydrogen-bond acceptors (Lipinski definition) is 1. The van der Waals surface area contributed by atoms with Crippen LogP contribution in [0.25, 0.3) is 0 Å². The summed E-state index contributed by atoms with van der Waals surface area (Å²) in [7, 11) is 0. The summed E-state index contributed by atoms with van der Waals surface area (Å²) in [4.78, 5) is 9.00. The second kappa shape index (κ2) is 4.16. The van der Waals surface area contributed by atoms with Crippen molar-refractivity contribution >= 4 is 29.2 Å². The zero-order valence-corrected chi connectivity index (χ0v) is 8.74. The molecule has 0 unspecified atom stereocenters. The minimum Gasteiger partial charge on any atom is -0.481 e. The highest BCUT2D eigenvalue weighted by Gasteiger charge is 2.26. The summed E-state index contributed by atoms with van der Waals surface area (Å²) < 4.78 is 0. The zero-order valence-electron chi connectivity index (χ0n) is 7.23. The first-order valence-electron chi connectivity index (χ1n) is 3.97. The van der Waals surface area contributed by atoms with E-state index in [1.165, 1.54) is 11.1 Å². The average molecular weight is 221 g/mol. The van der Waals surface area contributed by atoms with Gasteiger partial charge in [-0.1, -0.05) is 23.2 Å². The highest BCUT2D eigenvalue weighted by molar-refractivity contribution is 6.45. The van der Waals surface area contributed by atoms with Gasteiger partial charge in [0.25, 0.3) is 5.97 Å². The van der Waals surface area contributed by atoms with Crippen LogP contribution in [0, 0.1) is 0 Å². The summed E-state index contributed by atoms with van der Waals surface area (Å²) in [5.41, 5.74) is 2.69. The van der Waals surface area contributed by atoms with Crippen LogP contribution in [-0.2, 0) is 4.79 Å². The molecule has 2 aliphatic rings. The molecule has 1 fully saturated rings. The fourth-order valence-corrected chi connectivity index (χ4v) is 2.01. The first-order valence-corrected chi connectivity index (χ1v) is 4.73. The number of carboxylic acids is 1. The topological polar surface area (TPSA) is 37.3 Å². The Morgan fingerprint density at radius 1 is 1.23 bits per heavy atom. The normalized spacial score (nSPS) is 19.0. The number of aliphatic carboxylic acids is 1. The zero-order chi connectivity index (χ0) is 10.0. The lowest BCUT2D eigenvalue weighted by molar-refractivity contribution is -0.134. The molecule has 2 aliphatic carbocycles. The molecule has 0 aromatic heterocycles. The van der Waals surface area contributed by atoms with Crippen LogP contribution in [0.5, 0.6) is 0 Å². The minimum atomic E-state index is -0.833. The smallest absolute Gasteiger partial charge is 0.300 e. The Hall–Kier alpha value is -0.470. The Kier molecular flexibility index (Phi) is 3.40. The van der Waals surface area contributed by atoms with Gasteiger partial charge in [-0.3, -0.25) is 4.79 Å². The van der Waals surface area contributed by atoms with Gasteiger partial charge in [0.1, 0.15) is 0 Å². The molecule has 1 saturated carbocycles. The van der Waals surface area contributed by atoms with Crippen LogP contribution in [-0.4, -0.2) is 11.1 Å². The van der Waals surface area contributed by atoms with Gasteiger partial charge in [-0.05, 0) is 30.4 Å². The van der Waals surface area contributed by atoms with Crippen LogP contribution in [0.15, 0.2) is 21.2 Å². The third kappa shape index (κ3) is 2.48. The Morgan fingerprint density at radius 3 is 1.69 bits per heavy atom. The Bertz CT molecular complexity index is 275. The third-order valence-corrected chi connectivity index (χ3v) is 2.98. The van der Waals surface area contributed by atoms with Crippen molar-refractivity contribution in [3.8, 4) is 0 Å². The van der Waals surface area contributed by atoms with E-state index < -0.39 is 5.97 Å². The molecule has 0 heterocycles. The Labute approximate surface area is 86.8 Å². The highest BCUT2D eigenvalue weighted by atomic mass is 35.5. The monoisotopic (exact) mass is 220 g/mol. The molecule has 0 saturated heterocycles. The van der Waals surface area contributed by atoms with E-state index in [2.05, 4.69) is 0 Å². The molecular formula is C9H10Cl2O2. The van der Waals surface area contributed by atoms with Gasteiger partial charge in [0.05, 0.1) is 10.1 Å². The average Bonchev–Trinajstić information content (AvgIpc) is 2.55. The molecule has 0 aromatic carbocycles. The summed E-state index contributed by atoms with van der Waals surface area (Å²) in [6.45, 7) is 1.08. The van der Waals surface area contributed by atoms with E-state index in [1.54, 1.807) is 0 Å². The van der Waals surface area contributed by atoms with E-state index in [1.807, 2.05) is 0 Å². The summed E-state index contributed by atoms with van der Waals surface area (Å²) in [5.74, 6) is -0.833. The third-order valence-electron chi connectivity index (χ3n) is 1.97. The van der Waals surface area contributed by atoms with Crippen LogP contribution in [0.1, 0.15) is 26.2 Å². The molecule has 13 heavy (non-hydrogen) atoms. The first kappa shape index (κ1) is 10.6. The SMILES string of the molecule is CC(=O)O.ClC1=C2CCC(=C1Cl)C2. The highest BCUT2D eigenvalue weighted by Crippen LogP contribution is 2.46.